The number of pyridine rings is 1. The fourth-order valence-corrected chi connectivity index (χ4v) is 2.17. The van der Waals surface area contributed by atoms with Crippen LogP contribution in [0.25, 0.3) is 0 Å². The monoisotopic (exact) mass is 235 g/mol. The van der Waals surface area contributed by atoms with Gasteiger partial charge < -0.3 is 10.6 Å². The third-order valence-corrected chi connectivity index (χ3v) is 3.27. The van der Waals surface area contributed by atoms with E-state index in [1.807, 2.05) is 12.3 Å². The summed E-state index contributed by atoms with van der Waals surface area (Å²) in [5.41, 5.74) is 1.15. The molecule has 0 radical (unpaired) electrons. The lowest BCUT2D eigenvalue weighted by molar-refractivity contribution is 0.438. The second-order valence-electron chi connectivity index (χ2n) is 4.47. The van der Waals surface area contributed by atoms with E-state index in [-0.39, 0.29) is 0 Å². The Morgan fingerprint density at radius 1 is 1.24 bits per heavy atom. The average Bonchev–Trinajstić information content (AvgIpc) is 2.31. The minimum absolute atomic E-state index is 0.502. The highest BCUT2D eigenvalue weighted by atomic mass is 15.0. The summed E-state index contributed by atoms with van der Waals surface area (Å²) in [7, 11) is 0. The second kappa shape index (κ2) is 7.15. The first-order valence-electron chi connectivity index (χ1n) is 6.67. The van der Waals surface area contributed by atoms with E-state index in [0.29, 0.717) is 6.04 Å². The molecule has 1 aromatic rings. The first-order chi connectivity index (χ1) is 8.21. The third-order valence-electron chi connectivity index (χ3n) is 3.27. The molecule has 3 nitrogen and oxygen atoms in total. The molecule has 96 valence electrons. The molecule has 2 N–H and O–H groups in total. The highest BCUT2D eigenvalue weighted by molar-refractivity contribution is 5.52. The molecule has 1 aromatic heterocycles. The number of rotatable bonds is 7. The number of aromatic nitrogens is 1. The fourth-order valence-electron chi connectivity index (χ4n) is 2.17. The molecule has 1 atom stereocenters. The first kappa shape index (κ1) is 13.8. The number of nitrogens with one attached hydrogen (secondary N) is 2. The van der Waals surface area contributed by atoms with Crippen LogP contribution in [-0.4, -0.2) is 17.6 Å². The quantitative estimate of drug-likeness (QED) is 0.755. The maximum absolute atomic E-state index is 4.27. The maximum atomic E-state index is 4.27. The van der Waals surface area contributed by atoms with Crippen LogP contribution >= 0.6 is 0 Å². The smallest absolute Gasteiger partial charge is 0.127 e. The largest absolute Gasteiger partial charge is 0.382 e. The minimum atomic E-state index is 0.502. The standard InChI is InChI=1S/C14H25N3/c1-5-12(6-2)11(4)17-13-8-9-16-14(10-13)15-7-3/h8-12H,5-7H2,1-4H3,(H2,15,16,17). The van der Waals surface area contributed by atoms with Crippen molar-refractivity contribution in [2.24, 2.45) is 5.92 Å². The third kappa shape index (κ3) is 4.25. The van der Waals surface area contributed by atoms with Gasteiger partial charge in [-0.2, -0.15) is 0 Å². The van der Waals surface area contributed by atoms with Gasteiger partial charge in [0.2, 0.25) is 0 Å². The second-order valence-corrected chi connectivity index (χ2v) is 4.47. The van der Waals surface area contributed by atoms with Gasteiger partial charge in [0.15, 0.2) is 0 Å². The van der Waals surface area contributed by atoms with Crippen LogP contribution in [0.5, 0.6) is 0 Å². The highest BCUT2D eigenvalue weighted by Gasteiger charge is 2.13. The van der Waals surface area contributed by atoms with E-state index in [1.165, 1.54) is 12.8 Å². The van der Waals surface area contributed by atoms with Crippen molar-refractivity contribution in [3.63, 3.8) is 0 Å². The van der Waals surface area contributed by atoms with E-state index in [4.69, 9.17) is 0 Å². The molecule has 0 saturated carbocycles. The first-order valence-corrected chi connectivity index (χ1v) is 6.67. The van der Waals surface area contributed by atoms with E-state index < -0.39 is 0 Å². The zero-order valence-corrected chi connectivity index (χ0v) is 11.5. The fraction of sp³-hybridized carbons (Fsp3) is 0.643. The molecule has 0 saturated heterocycles. The van der Waals surface area contributed by atoms with Gasteiger partial charge in [-0.05, 0) is 25.8 Å². The van der Waals surface area contributed by atoms with Crippen molar-refractivity contribution in [1.82, 2.24) is 4.98 Å². The van der Waals surface area contributed by atoms with Gasteiger partial charge in [-0.1, -0.05) is 26.7 Å². The minimum Gasteiger partial charge on any atom is -0.382 e. The average molecular weight is 235 g/mol. The number of anilines is 2. The molecule has 0 aliphatic rings. The molecule has 1 rings (SSSR count). The predicted molar refractivity (Wildman–Crippen MR) is 75.6 cm³/mol. The summed E-state index contributed by atoms with van der Waals surface area (Å²) in [4.78, 5) is 4.27. The SMILES string of the molecule is CCNc1cc(NC(C)C(CC)CC)ccn1. The van der Waals surface area contributed by atoms with E-state index in [1.54, 1.807) is 0 Å². The molecule has 1 unspecified atom stereocenters. The molecule has 0 aliphatic heterocycles. The Bertz CT molecular complexity index is 321. The van der Waals surface area contributed by atoms with Crippen molar-refractivity contribution in [2.75, 3.05) is 17.2 Å². The highest BCUT2D eigenvalue weighted by Crippen LogP contribution is 2.19. The lowest BCUT2D eigenvalue weighted by Crippen LogP contribution is -2.25. The van der Waals surface area contributed by atoms with Crippen molar-refractivity contribution < 1.29 is 0 Å². The van der Waals surface area contributed by atoms with Crippen LogP contribution < -0.4 is 10.6 Å². The Kier molecular flexibility index (Phi) is 5.81. The lowest BCUT2D eigenvalue weighted by atomic mass is 9.95. The Labute approximate surface area is 105 Å². The van der Waals surface area contributed by atoms with Gasteiger partial charge in [-0.25, -0.2) is 4.98 Å². The molecule has 0 aliphatic carbocycles. The molecular formula is C14H25N3. The molecule has 0 aromatic carbocycles. The topological polar surface area (TPSA) is 37.0 Å². The van der Waals surface area contributed by atoms with E-state index in [0.717, 1.165) is 24.0 Å². The van der Waals surface area contributed by atoms with Gasteiger partial charge >= 0.3 is 0 Å². The molecule has 0 fully saturated rings. The van der Waals surface area contributed by atoms with E-state index >= 15 is 0 Å². The molecule has 0 amide bonds. The normalized spacial score (nSPS) is 12.5. The molecule has 3 heteroatoms. The zero-order valence-electron chi connectivity index (χ0n) is 11.5. The lowest BCUT2D eigenvalue weighted by Gasteiger charge is -2.23. The zero-order chi connectivity index (χ0) is 12.7. The summed E-state index contributed by atoms with van der Waals surface area (Å²) < 4.78 is 0. The summed E-state index contributed by atoms with van der Waals surface area (Å²) in [5, 5.41) is 6.79. The Balaban J connectivity index is 2.63. The molecule has 0 bridgehead atoms. The van der Waals surface area contributed by atoms with Crippen LogP contribution in [0.15, 0.2) is 18.3 Å². The maximum Gasteiger partial charge on any atom is 0.127 e. The number of hydrogen-bond acceptors (Lipinski definition) is 3. The van der Waals surface area contributed by atoms with Crippen LogP contribution in [0, 0.1) is 5.92 Å². The van der Waals surface area contributed by atoms with Gasteiger partial charge in [0.1, 0.15) is 5.82 Å². The van der Waals surface area contributed by atoms with Crippen LogP contribution in [0.3, 0.4) is 0 Å². The summed E-state index contributed by atoms with van der Waals surface area (Å²) in [5.74, 6) is 1.67. The molecule has 17 heavy (non-hydrogen) atoms. The van der Waals surface area contributed by atoms with Gasteiger partial charge in [-0.15, -0.1) is 0 Å². The summed E-state index contributed by atoms with van der Waals surface area (Å²) in [6.07, 6.45) is 4.28. The van der Waals surface area contributed by atoms with Crippen molar-refractivity contribution in [1.29, 1.82) is 0 Å². The van der Waals surface area contributed by atoms with Crippen molar-refractivity contribution in [3.8, 4) is 0 Å². The summed E-state index contributed by atoms with van der Waals surface area (Å²) in [6.45, 7) is 9.74. The van der Waals surface area contributed by atoms with Gasteiger partial charge in [0.25, 0.3) is 0 Å². The Morgan fingerprint density at radius 2 is 1.94 bits per heavy atom. The van der Waals surface area contributed by atoms with Crippen LogP contribution in [-0.2, 0) is 0 Å². The Hall–Kier alpha value is -1.25. The molecule has 0 spiro atoms. The van der Waals surface area contributed by atoms with Gasteiger partial charge in [0.05, 0.1) is 0 Å². The van der Waals surface area contributed by atoms with E-state index in [2.05, 4.69) is 49.4 Å². The number of nitrogens with zero attached hydrogens (tertiary/aromatic N) is 1. The van der Waals surface area contributed by atoms with Crippen molar-refractivity contribution in [3.05, 3.63) is 18.3 Å². The number of hydrogen-bond donors (Lipinski definition) is 2. The Morgan fingerprint density at radius 3 is 2.53 bits per heavy atom. The van der Waals surface area contributed by atoms with Crippen LogP contribution in [0.4, 0.5) is 11.5 Å². The van der Waals surface area contributed by atoms with Crippen LogP contribution in [0.1, 0.15) is 40.5 Å². The van der Waals surface area contributed by atoms with Crippen LogP contribution in [0.2, 0.25) is 0 Å². The molecule has 1 heterocycles. The van der Waals surface area contributed by atoms with Gasteiger partial charge in [0, 0.05) is 30.5 Å². The van der Waals surface area contributed by atoms with Gasteiger partial charge in [-0.3, -0.25) is 0 Å². The summed E-state index contributed by atoms with van der Waals surface area (Å²) in [6, 6.07) is 4.60. The molecular weight excluding hydrogens is 210 g/mol. The van der Waals surface area contributed by atoms with E-state index in [9.17, 15) is 0 Å². The van der Waals surface area contributed by atoms with Crippen molar-refractivity contribution >= 4 is 11.5 Å². The predicted octanol–water partition coefficient (Wildman–Crippen LogP) is 3.75. The van der Waals surface area contributed by atoms with Crippen molar-refractivity contribution in [2.45, 2.75) is 46.6 Å². The summed E-state index contributed by atoms with van der Waals surface area (Å²) >= 11 is 0.